The second-order valence-electron chi connectivity index (χ2n) is 5.73. The van der Waals surface area contributed by atoms with Crippen molar-refractivity contribution in [1.29, 1.82) is 0 Å². The van der Waals surface area contributed by atoms with Crippen molar-refractivity contribution < 1.29 is 18.0 Å². The average molecular weight is 373 g/mol. The summed E-state index contributed by atoms with van der Waals surface area (Å²) in [6, 6.07) is 6.31. The molecule has 0 atom stereocenters. The van der Waals surface area contributed by atoms with Gasteiger partial charge in [-0.15, -0.1) is 10.2 Å². The Kier molecular flexibility index (Phi) is 5.84. The highest BCUT2D eigenvalue weighted by Crippen LogP contribution is 2.36. The van der Waals surface area contributed by atoms with Gasteiger partial charge in [-0.3, -0.25) is 4.79 Å². The quantitative estimate of drug-likeness (QED) is 0.822. The first kappa shape index (κ1) is 19.0. The highest BCUT2D eigenvalue weighted by Gasteiger charge is 2.33. The van der Waals surface area contributed by atoms with E-state index >= 15 is 0 Å². The molecule has 1 aromatic heterocycles. The second-order valence-corrected chi connectivity index (χ2v) is 6.13. The van der Waals surface area contributed by atoms with Crippen molar-refractivity contribution in [2.24, 2.45) is 5.92 Å². The number of carbonyl (C=O) groups excluding carboxylic acids is 1. The molecule has 0 aliphatic heterocycles. The van der Waals surface area contributed by atoms with Crippen LogP contribution in [-0.2, 0) is 6.18 Å². The molecule has 9 heteroatoms. The molecule has 0 radical (unpaired) electrons. The monoisotopic (exact) mass is 372 g/mol. The van der Waals surface area contributed by atoms with Gasteiger partial charge < -0.3 is 10.6 Å². The van der Waals surface area contributed by atoms with Crippen LogP contribution in [0.4, 0.5) is 24.7 Å². The summed E-state index contributed by atoms with van der Waals surface area (Å²) in [5.74, 6) is 0.139. The van der Waals surface area contributed by atoms with Gasteiger partial charge in [0.2, 0.25) is 0 Å². The standard InChI is InChI=1S/C16H16ClF3N4O/c1-9(2)8-21-15(25)13-5-6-14(24-23-13)22-10-3-4-12(17)11(7-10)16(18,19)20/h3-7,9H,8H2,1-2H3,(H,21,25)(H,22,24). The van der Waals surface area contributed by atoms with Crippen molar-refractivity contribution in [1.82, 2.24) is 15.5 Å². The Morgan fingerprint density at radius 1 is 1.20 bits per heavy atom. The van der Waals surface area contributed by atoms with Crippen LogP contribution in [0.2, 0.25) is 5.02 Å². The summed E-state index contributed by atoms with van der Waals surface area (Å²) in [5, 5.41) is 12.6. The fourth-order valence-electron chi connectivity index (χ4n) is 1.88. The second kappa shape index (κ2) is 7.69. The zero-order valence-corrected chi connectivity index (χ0v) is 14.2. The van der Waals surface area contributed by atoms with Crippen molar-refractivity contribution in [2.45, 2.75) is 20.0 Å². The molecule has 2 rings (SSSR count). The van der Waals surface area contributed by atoms with E-state index in [-0.39, 0.29) is 28.1 Å². The first-order chi connectivity index (χ1) is 11.7. The minimum atomic E-state index is -4.56. The van der Waals surface area contributed by atoms with Gasteiger partial charge in [0.15, 0.2) is 11.5 Å². The Hall–Kier alpha value is -2.35. The first-order valence-electron chi connectivity index (χ1n) is 7.42. The number of halogens is 4. The molecule has 0 unspecified atom stereocenters. The number of carbonyl (C=O) groups is 1. The lowest BCUT2D eigenvalue weighted by Gasteiger charge is -2.12. The average Bonchev–Trinajstić information content (AvgIpc) is 2.54. The number of rotatable bonds is 5. The molecule has 1 aromatic carbocycles. The maximum Gasteiger partial charge on any atom is 0.417 e. The Bertz CT molecular complexity index is 748. The first-order valence-corrected chi connectivity index (χ1v) is 7.80. The number of nitrogens with one attached hydrogen (secondary N) is 2. The van der Waals surface area contributed by atoms with Crippen LogP contribution in [-0.4, -0.2) is 22.6 Å². The maximum atomic E-state index is 12.9. The van der Waals surface area contributed by atoms with Crippen LogP contribution in [0, 0.1) is 5.92 Å². The van der Waals surface area contributed by atoms with Crippen LogP contribution in [0.5, 0.6) is 0 Å². The van der Waals surface area contributed by atoms with Gasteiger partial charge in [-0.2, -0.15) is 13.2 Å². The van der Waals surface area contributed by atoms with Gasteiger partial charge in [0.05, 0.1) is 10.6 Å². The summed E-state index contributed by atoms with van der Waals surface area (Å²) in [4.78, 5) is 11.8. The molecule has 2 aromatic rings. The number of aromatic nitrogens is 2. The predicted octanol–water partition coefficient (Wildman–Crippen LogP) is 4.28. The summed E-state index contributed by atoms with van der Waals surface area (Å²) in [6.45, 7) is 4.42. The Labute approximate surface area is 147 Å². The summed E-state index contributed by atoms with van der Waals surface area (Å²) in [7, 11) is 0. The lowest BCUT2D eigenvalue weighted by atomic mass is 10.2. The molecule has 1 heterocycles. The molecule has 0 fully saturated rings. The topological polar surface area (TPSA) is 66.9 Å². The Morgan fingerprint density at radius 2 is 1.92 bits per heavy atom. The summed E-state index contributed by atoms with van der Waals surface area (Å²) < 4.78 is 38.6. The molecule has 0 bridgehead atoms. The molecule has 0 spiro atoms. The molecule has 134 valence electrons. The Balaban J connectivity index is 2.10. The van der Waals surface area contributed by atoms with Crippen LogP contribution in [0.25, 0.3) is 0 Å². The van der Waals surface area contributed by atoms with Gasteiger partial charge in [0.25, 0.3) is 5.91 Å². The SMILES string of the molecule is CC(C)CNC(=O)c1ccc(Nc2ccc(Cl)c(C(F)(F)F)c2)nn1. The zero-order valence-electron chi connectivity index (χ0n) is 13.5. The van der Waals surface area contributed by atoms with Gasteiger partial charge in [0, 0.05) is 12.2 Å². The highest BCUT2D eigenvalue weighted by molar-refractivity contribution is 6.31. The molecule has 0 aliphatic rings. The van der Waals surface area contributed by atoms with Gasteiger partial charge in [0.1, 0.15) is 0 Å². The maximum absolute atomic E-state index is 12.9. The summed E-state index contributed by atoms with van der Waals surface area (Å²) >= 11 is 5.57. The molecule has 1 amide bonds. The minimum absolute atomic E-state index is 0.123. The number of anilines is 2. The van der Waals surface area contributed by atoms with Crippen molar-refractivity contribution in [3.05, 3.63) is 46.6 Å². The van der Waals surface area contributed by atoms with Gasteiger partial charge in [-0.25, -0.2) is 0 Å². The molecule has 2 N–H and O–H groups in total. The third-order valence-corrected chi connectivity index (χ3v) is 3.44. The van der Waals surface area contributed by atoms with Crippen LogP contribution in [0.1, 0.15) is 29.9 Å². The molecule has 0 aliphatic carbocycles. The molecule has 5 nitrogen and oxygen atoms in total. The van der Waals surface area contributed by atoms with Gasteiger partial charge in [-0.1, -0.05) is 25.4 Å². The van der Waals surface area contributed by atoms with Crippen LogP contribution >= 0.6 is 11.6 Å². The normalized spacial score (nSPS) is 11.5. The van der Waals surface area contributed by atoms with E-state index in [2.05, 4.69) is 20.8 Å². The largest absolute Gasteiger partial charge is 0.417 e. The van der Waals surface area contributed by atoms with Crippen molar-refractivity contribution in [2.75, 3.05) is 11.9 Å². The van der Waals surface area contributed by atoms with Crippen molar-refractivity contribution >= 4 is 29.0 Å². The minimum Gasteiger partial charge on any atom is -0.350 e. The van der Waals surface area contributed by atoms with Crippen LogP contribution in [0.3, 0.4) is 0 Å². The number of hydrogen-bond donors (Lipinski definition) is 2. The van der Waals surface area contributed by atoms with E-state index in [4.69, 9.17) is 11.6 Å². The number of hydrogen-bond acceptors (Lipinski definition) is 4. The van der Waals surface area contributed by atoms with E-state index < -0.39 is 11.7 Å². The fourth-order valence-corrected chi connectivity index (χ4v) is 2.10. The van der Waals surface area contributed by atoms with Crippen molar-refractivity contribution in [3.63, 3.8) is 0 Å². The summed E-state index contributed by atoms with van der Waals surface area (Å²) in [6.07, 6.45) is -4.56. The van der Waals surface area contributed by atoms with Crippen molar-refractivity contribution in [3.8, 4) is 0 Å². The number of nitrogens with zero attached hydrogens (tertiary/aromatic N) is 2. The molecular formula is C16H16ClF3N4O. The zero-order chi connectivity index (χ0) is 18.6. The van der Waals surface area contributed by atoms with E-state index in [1.54, 1.807) is 0 Å². The van der Waals surface area contributed by atoms with Crippen LogP contribution in [0.15, 0.2) is 30.3 Å². The summed E-state index contributed by atoms with van der Waals surface area (Å²) in [5.41, 5.74) is -0.668. The molecule has 0 saturated carbocycles. The predicted molar refractivity (Wildman–Crippen MR) is 88.9 cm³/mol. The molecule has 0 saturated heterocycles. The van der Waals surface area contributed by atoms with Gasteiger partial charge >= 0.3 is 6.18 Å². The number of amides is 1. The number of benzene rings is 1. The van der Waals surface area contributed by atoms with E-state index in [9.17, 15) is 18.0 Å². The van der Waals surface area contributed by atoms with E-state index in [0.29, 0.717) is 12.5 Å². The Morgan fingerprint density at radius 3 is 2.48 bits per heavy atom. The fraction of sp³-hybridized carbons (Fsp3) is 0.312. The van der Waals surface area contributed by atoms with E-state index in [1.807, 2.05) is 13.8 Å². The lowest BCUT2D eigenvalue weighted by molar-refractivity contribution is -0.137. The molecular weight excluding hydrogens is 357 g/mol. The molecule has 25 heavy (non-hydrogen) atoms. The van der Waals surface area contributed by atoms with E-state index in [0.717, 1.165) is 12.1 Å². The van der Waals surface area contributed by atoms with Crippen LogP contribution < -0.4 is 10.6 Å². The van der Waals surface area contributed by atoms with Gasteiger partial charge in [-0.05, 0) is 36.2 Å². The van der Waals surface area contributed by atoms with E-state index in [1.165, 1.54) is 18.2 Å². The smallest absolute Gasteiger partial charge is 0.350 e. The lowest BCUT2D eigenvalue weighted by Crippen LogP contribution is -2.28. The number of alkyl halides is 3. The third kappa shape index (κ3) is 5.32. The highest BCUT2D eigenvalue weighted by atomic mass is 35.5. The third-order valence-electron chi connectivity index (χ3n) is 3.11.